The summed E-state index contributed by atoms with van der Waals surface area (Å²) in [5.74, 6) is 0.502. The highest BCUT2D eigenvalue weighted by atomic mass is 32.2. The Kier molecular flexibility index (Phi) is 6.09. The number of rotatable bonds is 7. The lowest BCUT2D eigenvalue weighted by Crippen LogP contribution is -2.20. The molecule has 0 amide bonds. The van der Waals surface area contributed by atoms with Crippen LogP contribution in [0.4, 0.5) is 8.78 Å². The molecule has 2 aromatic rings. The summed E-state index contributed by atoms with van der Waals surface area (Å²) < 4.78 is 55.8. The van der Waals surface area contributed by atoms with E-state index in [1.165, 1.54) is 31.4 Å². The van der Waals surface area contributed by atoms with Gasteiger partial charge >= 0.3 is 0 Å². The maximum atomic E-state index is 12.8. The number of benzene rings is 2. The first kappa shape index (κ1) is 18.1. The van der Waals surface area contributed by atoms with E-state index in [0.717, 1.165) is 5.56 Å². The molecule has 0 saturated heterocycles. The zero-order valence-corrected chi connectivity index (χ0v) is 14.0. The molecule has 0 fully saturated rings. The highest BCUT2D eigenvalue weighted by Gasteiger charge is 2.26. The Labute approximate surface area is 140 Å². The number of methoxy groups -OCH3 is 1. The second-order valence-corrected chi connectivity index (χ2v) is 7.41. The molecular weight excluding hydrogens is 334 g/mol. The van der Waals surface area contributed by atoms with Crippen LogP contribution in [0, 0.1) is 0 Å². The molecule has 128 valence electrons. The zero-order valence-electron chi connectivity index (χ0n) is 13.2. The van der Waals surface area contributed by atoms with Crippen LogP contribution < -0.4 is 4.74 Å². The summed E-state index contributed by atoms with van der Waals surface area (Å²) in [6, 6.07) is 14.9. The van der Waals surface area contributed by atoms with Crippen LogP contribution in [0.2, 0.25) is 0 Å². The van der Waals surface area contributed by atoms with Crippen LogP contribution >= 0.6 is 0 Å². The molecule has 0 spiro atoms. The van der Waals surface area contributed by atoms with Gasteiger partial charge in [0.15, 0.2) is 9.84 Å². The number of hydrogen-bond donors (Lipinski definition) is 0. The molecule has 0 aliphatic rings. The van der Waals surface area contributed by atoms with Gasteiger partial charge in [0.05, 0.1) is 17.3 Å². The molecule has 24 heavy (non-hydrogen) atoms. The van der Waals surface area contributed by atoms with Crippen LogP contribution in [-0.2, 0) is 16.3 Å². The predicted molar refractivity (Wildman–Crippen MR) is 89.0 cm³/mol. The smallest absolute Gasteiger partial charge is 0.267 e. The standard InChI is InChI=1S/C18H18F2O3S/c1-23-15-8-11-16(12-9-15)24(21,22)17(13-18(19)20)10-7-14-5-3-2-4-6-14/h2-6,8-9,11-13,17H,7,10H2,1H3/t17-/m1/s1. The van der Waals surface area contributed by atoms with Crippen molar-refractivity contribution in [1.29, 1.82) is 0 Å². The van der Waals surface area contributed by atoms with Gasteiger partial charge in [0.2, 0.25) is 0 Å². The summed E-state index contributed by atoms with van der Waals surface area (Å²) in [6.07, 6.45) is -1.01. The lowest BCUT2D eigenvalue weighted by atomic mass is 10.1. The summed E-state index contributed by atoms with van der Waals surface area (Å²) >= 11 is 0. The van der Waals surface area contributed by atoms with Crippen molar-refractivity contribution in [2.45, 2.75) is 23.0 Å². The van der Waals surface area contributed by atoms with Crippen LogP contribution in [0.25, 0.3) is 0 Å². The molecule has 0 saturated carbocycles. The number of hydrogen-bond acceptors (Lipinski definition) is 3. The third-order valence-electron chi connectivity index (χ3n) is 3.66. The van der Waals surface area contributed by atoms with Gasteiger partial charge in [-0.25, -0.2) is 8.42 Å². The zero-order chi connectivity index (χ0) is 17.6. The third kappa shape index (κ3) is 4.64. The summed E-state index contributed by atoms with van der Waals surface area (Å²) in [6.45, 7) is 0. The van der Waals surface area contributed by atoms with Crippen molar-refractivity contribution < 1.29 is 21.9 Å². The first-order valence-corrected chi connectivity index (χ1v) is 8.93. The molecule has 0 unspecified atom stereocenters. The topological polar surface area (TPSA) is 43.4 Å². The quantitative estimate of drug-likeness (QED) is 0.748. The van der Waals surface area contributed by atoms with Crippen LogP contribution in [0.3, 0.4) is 0 Å². The molecule has 1 atom stereocenters. The molecule has 0 aromatic heterocycles. The van der Waals surface area contributed by atoms with Gasteiger partial charge in [0.25, 0.3) is 6.08 Å². The van der Waals surface area contributed by atoms with Crippen molar-refractivity contribution >= 4 is 9.84 Å². The van der Waals surface area contributed by atoms with Crippen molar-refractivity contribution in [3.63, 3.8) is 0 Å². The Hall–Kier alpha value is -2.21. The van der Waals surface area contributed by atoms with Gasteiger partial charge in [0, 0.05) is 0 Å². The molecular formula is C18H18F2O3S. The Bertz CT molecular complexity index is 781. The van der Waals surface area contributed by atoms with Gasteiger partial charge in [-0.05, 0) is 48.7 Å². The molecule has 0 N–H and O–H groups in total. The van der Waals surface area contributed by atoms with Crippen molar-refractivity contribution in [1.82, 2.24) is 0 Å². The second kappa shape index (κ2) is 8.06. The van der Waals surface area contributed by atoms with Crippen LogP contribution in [0.15, 0.2) is 71.6 Å². The van der Waals surface area contributed by atoms with Crippen molar-refractivity contribution in [3.8, 4) is 5.75 Å². The van der Waals surface area contributed by atoms with Crippen molar-refractivity contribution in [2.75, 3.05) is 7.11 Å². The third-order valence-corrected chi connectivity index (χ3v) is 5.76. The molecule has 0 bridgehead atoms. The predicted octanol–water partition coefficient (Wildman–Crippen LogP) is 4.25. The summed E-state index contributed by atoms with van der Waals surface area (Å²) in [4.78, 5) is -0.00105. The van der Waals surface area contributed by atoms with Gasteiger partial charge < -0.3 is 4.74 Å². The van der Waals surface area contributed by atoms with E-state index in [-0.39, 0.29) is 11.3 Å². The molecule has 6 heteroatoms. The number of sulfone groups is 1. The van der Waals surface area contributed by atoms with E-state index in [0.29, 0.717) is 18.2 Å². The summed E-state index contributed by atoms with van der Waals surface area (Å²) in [5.41, 5.74) is 0.903. The van der Waals surface area contributed by atoms with E-state index in [9.17, 15) is 17.2 Å². The van der Waals surface area contributed by atoms with Crippen LogP contribution in [0.1, 0.15) is 12.0 Å². The number of aryl methyl sites for hydroxylation is 1. The van der Waals surface area contributed by atoms with E-state index in [1.807, 2.05) is 30.3 Å². The summed E-state index contributed by atoms with van der Waals surface area (Å²) in [5, 5.41) is -1.28. The fourth-order valence-electron chi connectivity index (χ4n) is 2.36. The monoisotopic (exact) mass is 352 g/mol. The average molecular weight is 352 g/mol. The Balaban J connectivity index is 2.26. The van der Waals surface area contributed by atoms with Gasteiger partial charge in [0.1, 0.15) is 5.75 Å². The lowest BCUT2D eigenvalue weighted by molar-refractivity contribution is 0.414. The fourth-order valence-corrected chi connectivity index (χ4v) is 3.94. The SMILES string of the molecule is COc1ccc(S(=O)(=O)[C@@H](C=C(F)F)CCc2ccccc2)cc1. The molecule has 2 aromatic carbocycles. The highest BCUT2D eigenvalue weighted by molar-refractivity contribution is 7.92. The number of halogens is 2. The van der Waals surface area contributed by atoms with Gasteiger partial charge in [-0.3, -0.25) is 0 Å². The summed E-state index contributed by atoms with van der Waals surface area (Å²) in [7, 11) is -2.44. The van der Waals surface area contributed by atoms with Crippen molar-refractivity contribution in [3.05, 3.63) is 72.3 Å². The van der Waals surface area contributed by atoms with E-state index in [1.54, 1.807) is 0 Å². The Morgan fingerprint density at radius 3 is 2.25 bits per heavy atom. The van der Waals surface area contributed by atoms with Crippen LogP contribution in [-0.4, -0.2) is 20.8 Å². The molecule has 0 heterocycles. The molecule has 2 rings (SSSR count). The second-order valence-electron chi connectivity index (χ2n) is 5.24. The Morgan fingerprint density at radius 1 is 1.08 bits per heavy atom. The highest BCUT2D eigenvalue weighted by Crippen LogP contribution is 2.24. The maximum absolute atomic E-state index is 12.8. The van der Waals surface area contributed by atoms with E-state index >= 15 is 0 Å². The fraction of sp³-hybridized carbons (Fsp3) is 0.222. The lowest BCUT2D eigenvalue weighted by Gasteiger charge is -2.14. The first-order valence-electron chi connectivity index (χ1n) is 7.38. The largest absolute Gasteiger partial charge is 0.497 e. The van der Waals surface area contributed by atoms with Crippen molar-refractivity contribution in [2.24, 2.45) is 0 Å². The minimum Gasteiger partial charge on any atom is -0.497 e. The van der Waals surface area contributed by atoms with Gasteiger partial charge in [-0.2, -0.15) is 8.78 Å². The molecule has 0 radical (unpaired) electrons. The first-order chi connectivity index (χ1) is 11.4. The Morgan fingerprint density at radius 2 is 1.71 bits per heavy atom. The van der Waals surface area contributed by atoms with Gasteiger partial charge in [-0.1, -0.05) is 30.3 Å². The average Bonchev–Trinajstić information content (AvgIpc) is 2.59. The van der Waals surface area contributed by atoms with E-state index < -0.39 is 21.2 Å². The minimum atomic E-state index is -3.90. The van der Waals surface area contributed by atoms with Gasteiger partial charge in [-0.15, -0.1) is 0 Å². The number of ether oxygens (including phenoxy) is 1. The molecule has 3 nitrogen and oxygen atoms in total. The minimum absolute atomic E-state index is 0.00105. The van der Waals surface area contributed by atoms with E-state index in [2.05, 4.69) is 0 Å². The van der Waals surface area contributed by atoms with Crippen LogP contribution in [0.5, 0.6) is 5.75 Å². The normalized spacial score (nSPS) is 12.5. The molecule has 0 aliphatic heterocycles. The maximum Gasteiger partial charge on any atom is 0.267 e. The molecule has 0 aliphatic carbocycles. The van der Waals surface area contributed by atoms with E-state index in [4.69, 9.17) is 4.74 Å².